The van der Waals surface area contributed by atoms with Gasteiger partial charge in [-0.1, -0.05) is 42.5 Å². The Balaban J connectivity index is 1.41. The summed E-state index contributed by atoms with van der Waals surface area (Å²) in [6, 6.07) is 19.9. The minimum absolute atomic E-state index is 0.102. The van der Waals surface area contributed by atoms with Crippen LogP contribution in [-0.2, 0) is 29.1 Å². The molecule has 0 aliphatic heterocycles. The molecular weight excluding hydrogens is 382 g/mol. The molecule has 1 aromatic heterocycles. The van der Waals surface area contributed by atoms with Gasteiger partial charge in [-0.15, -0.1) is 0 Å². The number of carbonyl (C=O) groups is 3. The Morgan fingerprint density at radius 1 is 0.733 bits per heavy atom. The zero-order valence-corrected chi connectivity index (χ0v) is 16.4. The van der Waals surface area contributed by atoms with Crippen molar-refractivity contribution in [3.05, 3.63) is 95.4 Å². The number of hydrogen-bond acceptors (Lipinski definition) is 4. The molecule has 3 N–H and O–H groups in total. The van der Waals surface area contributed by atoms with Gasteiger partial charge >= 0.3 is 0 Å². The Kier molecular flexibility index (Phi) is 7.38. The SMILES string of the molecule is O=C(CNC(=O)Cc1ccccc1)NCc1cccc(C(=O)NCc2ccco2)c1. The number of benzene rings is 2. The fourth-order valence-electron chi connectivity index (χ4n) is 2.79. The molecule has 154 valence electrons. The fraction of sp³-hybridized carbons (Fsp3) is 0.174. The molecule has 2 aromatic carbocycles. The number of hydrogen-bond donors (Lipinski definition) is 3. The van der Waals surface area contributed by atoms with Crippen molar-refractivity contribution in [2.45, 2.75) is 19.5 Å². The van der Waals surface area contributed by atoms with E-state index in [0.717, 1.165) is 11.1 Å². The number of furan rings is 1. The summed E-state index contributed by atoms with van der Waals surface area (Å²) < 4.78 is 5.19. The molecule has 0 spiro atoms. The lowest BCUT2D eigenvalue weighted by molar-refractivity contribution is -0.125. The van der Waals surface area contributed by atoms with Crippen molar-refractivity contribution in [3.63, 3.8) is 0 Å². The van der Waals surface area contributed by atoms with Crippen molar-refractivity contribution in [2.24, 2.45) is 0 Å². The van der Waals surface area contributed by atoms with E-state index in [9.17, 15) is 14.4 Å². The average Bonchev–Trinajstić information content (AvgIpc) is 3.29. The van der Waals surface area contributed by atoms with E-state index in [4.69, 9.17) is 4.42 Å². The molecule has 0 atom stereocenters. The van der Waals surface area contributed by atoms with Crippen LogP contribution in [0.25, 0.3) is 0 Å². The minimum atomic E-state index is -0.302. The van der Waals surface area contributed by atoms with E-state index in [1.165, 1.54) is 0 Å². The van der Waals surface area contributed by atoms with Crippen LogP contribution in [0.5, 0.6) is 0 Å². The maximum absolute atomic E-state index is 12.3. The first-order valence-electron chi connectivity index (χ1n) is 9.57. The third kappa shape index (κ3) is 6.63. The highest BCUT2D eigenvalue weighted by molar-refractivity contribution is 5.94. The highest BCUT2D eigenvalue weighted by atomic mass is 16.3. The maximum Gasteiger partial charge on any atom is 0.251 e. The van der Waals surface area contributed by atoms with Gasteiger partial charge in [0, 0.05) is 12.1 Å². The standard InChI is InChI=1S/C23H23N3O4/c27-21(13-17-6-2-1-3-7-17)25-16-22(28)24-14-18-8-4-9-19(12-18)23(29)26-15-20-10-5-11-30-20/h1-12H,13-16H2,(H,24,28)(H,25,27)(H,26,29). The van der Waals surface area contributed by atoms with Gasteiger partial charge in [-0.05, 0) is 35.4 Å². The lowest BCUT2D eigenvalue weighted by Gasteiger charge is -2.09. The van der Waals surface area contributed by atoms with Crippen LogP contribution >= 0.6 is 0 Å². The molecule has 7 heteroatoms. The van der Waals surface area contributed by atoms with E-state index < -0.39 is 0 Å². The van der Waals surface area contributed by atoms with Crippen LogP contribution < -0.4 is 16.0 Å². The smallest absolute Gasteiger partial charge is 0.251 e. The Morgan fingerprint density at radius 2 is 1.53 bits per heavy atom. The van der Waals surface area contributed by atoms with E-state index in [1.54, 1.807) is 36.6 Å². The van der Waals surface area contributed by atoms with Gasteiger partial charge < -0.3 is 20.4 Å². The third-order valence-electron chi connectivity index (χ3n) is 4.34. The van der Waals surface area contributed by atoms with Gasteiger partial charge in [0.25, 0.3) is 5.91 Å². The molecule has 0 bridgehead atoms. The predicted octanol–water partition coefficient (Wildman–Crippen LogP) is 2.18. The van der Waals surface area contributed by atoms with Crippen LogP contribution in [0.15, 0.2) is 77.4 Å². The van der Waals surface area contributed by atoms with Gasteiger partial charge in [0.15, 0.2) is 0 Å². The molecule has 0 aliphatic carbocycles. The summed E-state index contributed by atoms with van der Waals surface area (Å²) in [6.07, 6.45) is 1.78. The molecule has 1 heterocycles. The molecule has 0 saturated carbocycles. The zero-order valence-electron chi connectivity index (χ0n) is 16.4. The second-order valence-corrected chi connectivity index (χ2v) is 6.68. The minimum Gasteiger partial charge on any atom is -0.467 e. The van der Waals surface area contributed by atoms with Gasteiger partial charge in [-0.3, -0.25) is 14.4 Å². The van der Waals surface area contributed by atoms with Crippen LogP contribution in [0.2, 0.25) is 0 Å². The summed E-state index contributed by atoms with van der Waals surface area (Å²) in [5.74, 6) is -0.0792. The third-order valence-corrected chi connectivity index (χ3v) is 4.34. The van der Waals surface area contributed by atoms with Crippen LogP contribution in [-0.4, -0.2) is 24.3 Å². The molecule has 0 fully saturated rings. The van der Waals surface area contributed by atoms with E-state index in [1.807, 2.05) is 36.4 Å². The van der Waals surface area contributed by atoms with Crippen LogP contribution in [0.3, 0.4) is 0 Å². The largest absolute Gasteiger partial charge is 0.467 e. The monoisotopic (exact) mass is 405 g/mol. The van der Waals surface area contributed by atoms with Gasteiger partial charge in [-0.2, -0.15) is 0 Å². The van der Waals surface area contributed by atoms with Gasteiger partial charge in [-0.25, -0.2) is 0 Å². The lowest BCUT2D eigenvalue weighted by atomic mass is 10.1. The molecule has 0 aliphatic rings. The van der Waals surface area contributed by atoms with E-state index >= 15 is 0 Å². The molecule has 30 heavy (non-hydrogen) atoms. The average molecular weight is 405 g/mol. The second-order valence-electron chi connectivity index (χ2n) is 6.68. The molecule has 3 aromatic rings. The van der Waals surface area contributed by atoms with Gasteiger partial charge in [0.2, 0.25) is 11.8 Å². The summed E-state index contributed by atoms with van der Waals surface area (Å²) in [4.78, 5) is 36.2. The second kappa shape index (κ2) is 10.6. The van der Waals surface area contributed by atoms with E-state index in [-0.39, 0.29) is 37.2 Å². The summed E-state index contributed by atoms with van der Waals surface area (Å²) >= 11 is 0. The van der Waals surface area contributed by atoms with Crippen molar-refractivity contribution >= 4 is 17.7 Å². The lowest BCUT2D eigenvalue weighted by Crippen LogP contribution is -2.37. The topological polar surface area (TPSA) is 100 Å². The van der Waals surface area contributed by atoms with Crippen molar-refractivity contribution in [1.82, 2.24) is 16.0 Å². The van der Waals surface area contributed by atoms with Crippen LogP contribution in [0.4, 0.5) is 0 Å². The summed E-state index contributed by atoms with van der Waals surface area (Å²) in [7, 11) is 0. The number of amides is 3. The first-order chi connectivity index (χ1) is 14.6. The van der Waals surface area contributed by atoms with Crippen molar-refractivity contribution in [2.75, 3.05) is 6.54 Å². The predicted molar refractivity (Wildman–Crippen MR) is 111 cm³/mol. The number of nitrogens with one attached hydrogen (secondary N) is 3. The van der Waals surface area contributed by atoms with Crippen LogP contribution in [0.1, 0.15) is 27.2 Å². The molecular formula is C23H23N3O4. The first kappa shape index (κ1) is 20.9. The first-order valence-corrected chi connectivity index (χ1v) is 9.57. The van der Waals surface area contributed by atoms with Crippen molar-refractivity contribution < 1.29 is 18.8 Å². The zero-order chi connectivity index (χ0) is 21.2. The summed E-state index contributed by atoms with van der Waals surface area (Å²) in [5.41, 5.74) is 2.16. The summed E-state index contributed by atoms with van der Waals surface area (Å²) in [5, 5.41) is 8.12. The fourth-order valence-corrected chi connectivity index (χ4v) is 2.79. The van der Waals surface area contributed by atoms with Gasteiger partial charge in [0.1, 0.15) is 5.76 Å². The van der Waals surface area contributed by atoms with Crippen molar-refractivity contribution in [1.29, 1.82) is 0 Å². The molecule has 0 radical (unpaired) electrons. The van der Waals surface area contributed by atoms with E-state index in [0.29, 0.717) is 17.9 Å². The number of rotatable bonds is 9. The van der Waals surface area contributed by atoms with E-state index in [2.05, 4.69) is 16.0 Å². The molecule has 0 unspecified atom stereocenters. The highest BCUT2D eigenvalue weighted by Crippen LogP contribution is 2.06. The Hall–Kier alpha value is -3.87. The quantitative estimate of drug-likeness (QED) is 0.508. The van der Waals surface area contributed by atoms with Crippen LogP contribution in [0, 0.1) is 0 Å². The Labute approximate surface area is 174 Å². The highest BCUT2D eigenvalue weighted by Gasteiger charge is 2.09. The number of carbonyl (C=O) groups excluding carboxylic acids is 3. The van der Waals surface area contributed by atoms with Gasteiger partial charge in [0.05, 0.1) is 25.8 Å². The molecule has 7 nitrogen and oxygen atoms in total. The normalized spacial score (nSPS) is 10.3. The Bertz CT molecular complexity index is 985. The molecule has 3 rings (SSSR count). The maximum atomic E-state index is 12.3. The molecule has 0 saturated heterocycles. The molecule has 3 amide bonds. The summed E-state index contributed by atoms with van der Waals surface area (Å²) in [6.45, 7) is 0.456. The Morgan fingerprint density at radius 3 is 2.30 bits per heavy atom. The van der Waals surface area contributed by atoms with Crippen molar-refractivity contribution in [3.8, 4) is 0 Å².